The number of amides is 1. The molecule has 21 heavy (non-hydrogen) atoms. The van der Waals surface area contributed by atoms with Crippen LogP contribution in [-0.4, -0.2) is 30.7 Å². The van der Waals surface area contributed by atoms with Crippen molar-refractivity contribution >= 4 is 29.2 Å². The van der Waals surface area contributed by atoms with Crippen LogP contribution in [0.1, 0.15) is 19.8 Å². The average molecular weight is 316 g/mol. The fourth-order valence-electron chi connectivity index (χ4n) is 1.89. The second-order valence-corrected chi connectivity index (χ2v) is 5.13. The van der Waals surface area contributed by atoms with Crippen molar-refractivity contribution in [3.63, 3.8) is 0 Å². The zero-order valence-electron chi connectivity index (χ0n) is 11.4. The van der Waals surface area contributed by atoms with Crippen LogP contribution >= 0.6 is 11.6 Å². The van der Waals surface area contributed by atoms with E-state index in [0.29, 0.717) is 13.0 Å². The minimum absolute atomic E-state index is 0.0237. The van der Waals surface area contributed by atoms with Gasteiger partial charge in [0.1, 0.15) is 5.82 Å². The van der Waals surface area contributed by atoms with Crippen LogP contribution in [0.4, 0.5) is 10.1 Å². The molecule has 0 bridgehead atoms. The number of carbonyl (C=O) groups is 2. The summed E-state index contributed by atoms with van der Waals surface area (Å²) < 4.78 is 23.7. The molecule has 0 spiro atoms. The Morgan fingerprint density at radius 3 is 2.90 bits per heavy atom. The summed E-state index contributed by atoms with van der Waals surface area (Å²) in [6.45, 7) is 1.92. The van der Waals surface area contributed by atoms with E-state index in [1.54, 1.807) is 0 Å². The van der Waals surface area contributed by atoms with E-state index < -0.39 is 29.9 Å². The molecule has 0 aliphatic carbocycles. The lowest BCUT2D eigenvalue weighted by Crippen LogP contribution is -2.34. The van der Waals surface area contributed by atoms with Gasteiger partial charge in [0.2, 0.25) is 0 Å². The second-order valence-electron chi connectivity index (χ2n) is 4.69. The van der Waals surface area contributed by atoms with Gasteiger partial charge in [-0.1, -0.05) is 11.6 Å². The Morgan fingerprint density at radius 2 is 2.29 bits per heavy atom. The molecule has 1 saturated heterocycles. The van der Waals surface area contributed by atoms with Gasteiger partial charge in [0, 0.05) is 11.6 Å². The Labute approximate surface area is 126 Å². The minimum atomic E-state index is -1.04. The highest BCUT2D eigenvalue weighted by Crippen LogP contribution is 2.19. The Kier molecular flexibility index (Phi) is 5.14. The number of carbonyl (C=O) groups excluding carboxylic acids is 2. The van der Waals surface area contributed by atoms with Crippen molar-refractivity contribution in [3.05, 3.63) is 29.0 Å². The molecule has 5 nitrogen and oxygen atoms in total. The van der Waals surface area contributed by atoms with Gasteiger partial charge < -0.3 is 14.8 Å². The molecule has 1 aliphatic rings. The number of anilines is 1. The van der Waals surface area contributed by atoms with Crippen molar-refractivity contribution in [3.8, 4) is 0 Å². The molecule has 2 atom stereocenters. The van der Waals surface area contributed by atoms with Crippen LogP contribution in [0.25, 0.3) is 0 Å². The molecule has 0 saturated carbocycles. The maximum Gasteiger partial charge on any atom is 0.336 e. The van der Waals surface area contributed by atoms with Crippen molar-refractivity contribution in [2.45, 2.75) is 32.0 Å². The summed E-state index contributed by atoms with van der Waals surface area (Å²) in [4.78, 5) is 23.6. The molecule has 114 valence electrons. The lowest BCUT2D eigenvalue weighted by atomic mass is 10.2. The number of nitrogens with one attached hydrogen (secondary N) is 1. The molecule has 2 rings (SSSR count). The molecule has 0 radical (unpaired) electrons. The summed E-state index contributed by atoms with van der Waals surface area (Å²) >= 11 is 5.62. The molecule has 1 heterocycles. The standard InChI is InChI=1S/C14H15ClFNO4/c1-8(21-14(19)12-3-2-6-20-12)13(18)17-11-5-4-9(15)7-10(11)16/h4-5,7-8,12H,2-3,6H2,1H3,(H,17,18)/t8-,12-/m0/s1. The third-order valence-electron chi connectivity index (χ3n) is 3.04. The van der Waals surface area contributed by atoms with E-state index in [4.69, 9.17) is 21.1 Å². The average Bonchev–Trinajstić information content (AvgIpc) is 2.95. The largest absolute Gasteiger partial charge is 0.451 e. The minimum Gasteiger partial charge on any atom is -0.451 e. The van der Waals surface area contributed by atoms with Gasteiger partial charge in [-0.3, -0.25) is 4.79 Å². The molecule has 1 N–H and O–H groups in total. The lowest BCUT2D eigenvalue weighted by Gasteiger charge is -2.16. The number of rotatable bonds is 4. The van der Waals surface area contributed by atoms with Gasteiger partial charge in [-0.05, 0) is 38.0 Å². The predicted molar refractivity (Wildman–Crippen MR) is 74.6 cm³/mol. The topological polar surface area (TPSA) is 64.6 Å². The highest BCUT2D eigenvalue weighted by Gasteiger charge is 2.28. The summed E-state index contributed by atoms with van der Waals surface area (Å²) in [5.41, 5.74) is -0.0237. The first-order valence-corrected chi connectivity index (χ1v) is 6.93. The summed E-state index contributed by atoms with van der Waals surface area (Å²) in [6, 6.07) is 3.87. The van der Waals surface area contributed by atoms with E-state index in [-0.39, 0.29) is 10.7 Å². The van der Waals surface area contributed by atoms with Crippen LogP contribution in [0.2, 0.25) is 5.02 Å². The third-order valence-corrected chi connectivity index (χ3v) is 3.28. The maximum absolute atomic E-state index is 13.6. The van der Waals surface area contributed by atoms with E-state index in [1.807, 2.05) is 0 Å². The molecular formula is C14H15ClFNO4. The summed E-state index contributed by atoms with van der Waals surface area (Å²) in [7, 11) is 0. The van der Waals surface area contributed by atoms with Crippen molar-refractivity contribution in [2.75, 3.05) is 11.9 Å². The van der Waals surface area contributed by atoms with E-state index >= 15 is 0 Å². The first kappa shape index (κ1) is 15.7. The van der Waals surface area contributed by atoms with E-state index in [2.05, 4.69) is 5.32 Å². The molecule has 1 aliphatic heterocycles. The Hall–Kier alpha value is -1.66. The number of halogens is 2. The maximum atomic E-state index is 13.6. The SMILES string of the molecule is C[C@H](OC(=O)[C@@H]1CCCO1)C(=O)Nc1ccc(Cl)cc1F. The molecule has 0 unspecified atom stereocenters. The van der Waals surface area contributed by atoms with Crippen LogP contribution in [0, 0.1) is 5.82 Å². The van der Waals surface area contributed by atoms with Gasteiger partial charge in [0.25, 0.3) is 5.91 Å². The quantitative estimate of drug-likeness (QED) is 0.867. The third kappa shape index (κ3) is 4.15. The Morgan fingerprint density at radius 1 is 1.52 bits per heavy atom. The van der Waals surface area contributed by atoms with Crippen LogP contribution < -0.4 is 5.32 Å². The van der Waals surface area contributed by atoms with Crippen molar-refractivity contribution in [2.24, 2.45) is 0 Å². The van der Waals surface area contributed by atoms with E-state index in [9.17, 15) is 14.0 Å². The van der Waals surface area contributed by atoms with Crippen molar-refractivity contribution < 1.29 is 23.5 Å². The monoisotopic (exact) mass is 315 g/mol. The molecule has 1 amide bonds. The Bertz CT molecular complexity index is 546. The van der Waals surface area contributed by atoms with Gasteiger partial charge in [0.15, 0.2) is 12.2 Å². The van der Waals surface area contributed by atoms with Crippen LogP contribution in [0.5, 0.6) is 0 Å². The van der Waals surface area contributed by atoms with Crippen molar-refractivity contribution in [1.82, 2.24) is 0 Å². The molecule has 7 heteroatoms. The number of hydrogen-bond acceptors (Lipinski definition) is 4. The second kappa shape index (κ2) is 6.87. The van der Waals surface area contributed by atoms with E-state index in [0.717, 1.165) is 12.5 Å². The number of benzene rings is 1. The van der Waals surface area contributed by atoms with Crippen LogP contribution in [0.3, 0.4) is 0 Å². The number of esters is 1. The first-order valence-electron chi connectivity index (χ1n) is 6.55. The fraction of sp³-hybridized carbons (Fsp3) is 0.429. The summed E-state index contributed by atoms with van der Waals surface area (Å²) in [5.74, 6) is -1.86. The van der Waals surface area contributed by atoms with Crippen LogP contribution in [0.15, 0.2) is 18.2 Å². The van der Waals surface area contributed by atoms with Crippen LogP contribution in [-0.2, 0) is 19.1 Å². The normalized spacial score (nSPS) is 19.1. The van der Waals surface area contributed by atoms with Gasteiger partial charge in [0.05, 0.1) is 5.69 Å². The summed E-state index contributed by atoms with van der Waals surface area (Å²) in [6.07, 6.45) is -0.292. The van der Waals surface area contributed by atoms with Gasteiger partial charge in [-0.15, -0.1) is 0 Å². The van der Waals surface area contributed by atoms with Crippen molar-refractivity contribution in [1.29, 1.82) is 0 Å². The highest BCUT2D eigenvalue weighted by molar-refractivity contribution is 6.30. The zero-order valence-corrected chi connectivity index (χ0v) is 12.2. The smallest absolute Gasteiger partial charge is 0.336 e. The fourth-order valence-corrected chi connectivity index (χ4v) is 2.05. The summed E-state index contributed by atoms with van der Waals surface area (Å²) in [5, 5.41) is 2.57. The highest BCUT2D eigenvalue weighted by atomic mass is 35.5. The molecule has 0 aromatic heterocycles. The predicted octanol–water partition coefficient (Wildman–Crippen LogP) is 2.53. The molecule has 1 fully saturated rings. The Balaban J connectivity index is 1.91. The number of ether oxygens (including phenoxy) is 2. The van der Waals surface area contributed by atoms with Gasteiger partial charge in [-0.25, -0.2) is 9.18 Å². The zero-order chi connectivity index (χ0) is 15.4. The van der Waals surface area contributed by atoms with Gasteiger partial charge >= 0.3 is 5.97 Å². The molecule has 1 aromatic carbocycles. The molecular weight excluding hydrogens is 301 g/mol. The first-order chi connectivity index (χ1) is 9.97. The number of hydrogen-bond donors (Lipinski definition) is 1. The van der Waals surface area contributed by atoms with Gasteiger partial charge in [-0.2, -0.15) is 0 Å². The van der Waals surface area contributed by atoms with E-state index in [1.165, 1.54) is 19.1 Å². The molecule has 1 aromatic rings. The lowest BCUT2D eigenvalue weighted by molar-refractivity contribution is -0.162.